The molecule has 2 heterocycles. The number of hydrogen-bond donors (Lipinski definition) is 2. The number of likely N-dealkylation sites (tertiary alicyclic amines) is 1. The molecule has 0 radical (unpaired) electrons. The van der Waals surface area contributed by atoms with Gasteiger partial charge in [-0.05, 0) is 36.6 Å². The van der Waals surface area contributed by atoms with Crippen molar-refractivity contribution in [1.82, 2.24) is 9.88 Å². The van der Waals surface area contributed by atoms with E-state index in [4.69, 9.17) is 10.5 Å². The first kappa shape index (κ1) is 17.6. The number of benzene rings is 2. The van der Waals surface area contributed by atoms with Crippen LogP contribution in [0.4, 0.5) is 11.5 Å². The van der Waals surface area contributed by atoms with E-state index in [0.717, 1.165) is 60.5 Å². The van der Waals surface area contributed by atoms with Crippen LogP contribution in [-0.2, 0) is 6.54 Å². The van der Waals surface area contributed by atoms with Crippen LogP contribution in [0.1, 0.15) is 18.4 Å². The lowest BCUT2D eigenvalue weighted by Crippen LogP contribution is -2.38. The predicted molar refractivity (Wildman–Crippen MR) is 111 cm³/mol. The summed E-state index contributed by atoms with van der Waals surface area (Å²) >= 11 is 0. The van der Waals surface area contributed by atoms with Crippen molar-refractivity contribution in [3.63, 3.8) is 0 Å². The standard InChI is InChI=1S/C22H26N4O/c1-27-20-8-7-19(23)21-18(20)9-12-24-22(21)25-17-10-13-26(14-11-17)15-16-5-3-2-4-6-16/h2-9,12,17H,10-11,13-15,23H2,1H3,(H,24,25). The molecule has 3 N–H and O–H groups in total. The highest BCUT2D eigenvalue weighted by Gasteiger charge is 2.21. The first-order chi connectivity index (χ1) is 13.2. The van der Waals surface area contributed by atoms with Crippen molar-refractivity contribution in [3.8, 4) is 5.75 Å². The Balaban J connectivity index is 1.45. The van der Waals surface area contributed by atoms with Gasteiger partial charge in [0, 0.05) is 42.9 Å². The monoisotopic (exact) mass is 362 g/mol. The number of nitrogen functional groups attached to an aromatic ring is 1. The van der Waals surface area contributed by atoms with Gasteiger partial charge in [-0.1, -0.05) is 30.3 Å². The summed E-state index contributed by atoms with van der Waals surface area (Å²) in [4.78, 5) is 7.08. The Bertz CT molecular complexity index is 905. The number of nitrogens with zero attached hydrogens (tertiary/aromatic N) is 2. The quantitative estimate of drug-likeness (QED) is 0.674. The van der Waals surface area contributed by atoms with Gasteiger partial charge in [-0.25, -0.2) is 4.98 Å². The van der Waals surface area contributed by atoms with Crippen LogP contribution >= 0.6 is 0 Å². The molecule has 0 saturated carbocycles. The molecular formula is C22H26N4O. The van der Waals surface area contributed by atoms with E-state index in [-0.39, 0.29) is 0 Å². The molecule has 140 valence electrons. The first-order valence-electron chi connectivity index (χ1n) is 9.48. The van der Waals surface area contributed by atoms with E-state index in [1.54, 1.807) is 7.11 Å². The third-order valence-electron chi connectivity index (χ3n) is 5.32. The molecule has 1 aliphatic rings. The Hall–Kier alpha value is -2.79. The van der Waals surface area contributed by atoms with Crippen molar-refractivity contribution in [3.05, 3.63) is 60.3 Å². The summed E-state index contributed by atoms with van der Waals surface area (Å²) in [6.07, 6.45) is 4.00. The van der Waals surface area contributed by atoms with Crippen molar-refractivity contribution in [2.45, 2.75) is 25.4 Å². The minimum atomic E-state index is 0.403. The summed E-state index contributed by atoms with van der Waals surface area (Å²) in [5.74, 6) is 1.67. The highest BCUT2D eigenvalue weighted by atomic mass is 16.5. The van der Waals surface area contributed by atoms with E-state index in [2.05, 4.69) is 45.5 Å². The van der Waals surface area contributed by atoms with Crippen LogP contribution < -0.4 is 15.8 Å². The molecule has 0 atom stereocenters. The van der Waals surface area contributed by atoms with Crippen LogP contribution in [0.5, 0.6) is 5.75 Å². The number of nitrogens with one attached hydrogen (secondary N) is 1. The summed E-state index contributed by atoms with van der Waals surface area (Å²) < 4.78 is 5.48. The van der Waals surface area contributed by atoms with Crippen LogP contribution in [0.15, 0.2) is 54.7 Å². The fourth-order valence-electron chi connectivity index (χ4n) is 3.86. The van der Waals surface area contributed by atoms with Gasteiger partial charge >= 0.3 is 0 Å². The lowest BCUT2D eigenvalue weighted by Gasteiger charge is -2.33. The van der Waals surface area contributed by atoms with Crippen LogP contribution in [0.3, 0.4) is 0 Å². The maximum Gasteiger partial charge on any atom is 0.136 e. The van der Waals surface area contributed by atoms with E-state index in [9.17, 15) is 0 Å². The van der Waals surface area contributed by atoms with Gasteiger partial charge < -0.3 is 15.8 Å². The topological polar surface area (TPSA) is 63.4 Å². The zero-order valence-corrected chi connectivity index (χ0v) is 15.7. The average molecular weight is 362 g/mol. The highest BCUT2D eigenvalue weighted by molar-refractivity contribution is 6.03. The molecule has 0 aliphatic carbocycles. The van der Waals surface area contributed by atoms with Crippen molar-refractivity contribution in [2.24, 2.45) is 0 Å². The second-order valence-electron chi connectivity index (χ2n) is 7.12. The summed E-state index contributed by atoms with van der Waals surface area (Å²) in [7, 11) is 1.68. The fourth-order valence-corrected chi connectivity index (χ4v) is 3.86. The van der Waals surface area contributed by atoms with Gasteiger partial charge in [0.15, 0.2) is 0 Å². The van der Waals surface area contributed by atoms with E-state index < -0.39 is 0 Å². The second kappa shape index (κ2) is 7.84. The van der Waals surface area contributed by atoms with E-state index in [1.165, 1.54) is 5.56 Å². The summed E-state index contributed by atoms with van der Waals surface area (Å²) in [5.41, 5.74) is 8.35. The maximum atomic E-state index is 6.25. The van der Waals surface area contributed by atoms with Crippen LogP contribution in [0.25, 0.3) is 10.8 Å². The molecular weight excluding hydrogens is 336 g/mol. The Morgan fingerprint density at radius 1 is 1.11 bits per heavy atom. The third kappa shape index (κ3) is 3.83. The molecule has 5 nitrogen and oxygen atoms in total. The number of pyridine rings is 1. The smallest absolute Gasteiger partial charge is 0.136 e. The molecule has 1 saturated heterocycles. The normalized spacial score (nSPS) is 15.7. The van der Waals surface area contributed by atoms with Crippen molar-refractivity contribution >= 4 is 22.3 Å². The number of nitrogens with two attached hydrogens (primary N) is 1. The van der Waals surface area contributed by atoms with Gasteiger partial charge in [-0.3, -0.25) is 4.90 Å². The first-order valence-corrected chi connectivity index (χ1v) is 9.48. The van der Waals surface area contributed by atoms with Gasteiger partial charge in [0.05, 0.1) is 12.5 Å². The number of piperidine rings is 1. The number of fused-ring (bicyclic) bond motifs is 1. The minimum Gasteiger partial charge on any atom is -0.496 e. The minimum absolute atomic E-state index is 0.403. The number of ether oxygens (including phenoxy) is 1. The third-order valence-corrected chi connectivity index (χ3v) is 5.32. The summed E-state index contributed by atoms with van der Waals surface area (Å²) in [6.45, 7) is 3.18. The van der Waals surface area contributed by atoms with Gasteiger partial charge in [-0.2, -0.15) is 0 Å². The molecule has 1 aliphatic heterocycles. The summed E-state index contributed by atoms with van der Waals surface area (Å²) in [5, 5.41) is 5.57. The van der Waals surface area contributed by atoms with Gasteiger partial charge in [0.2, 0.25) is 0 Å². The number of methoxy groups -OCH3 is 1. The molecule has 0 unspecified atom stereocenters. The second-order valence-corrected chi connectivity index (χ2v) is 7.12. The number of hydrogen-bond acceptors (Lipinski definition) is 5. The Kier molecular flexibility index (Phi) is 5.12. The molecule has 2 aromatic carbocycles. The predicted octanol–water partition coefficient (Wildman–Crippen LogP) is 3.90. The van der Waals surface area contributed by atoms with Crippen molar-refractivity contribution < 1.29 is 4.74 Å². The molecule has 0 bridgehead atoms. The Morgan fingerprint density at radius 3 is 2.63 bits per heavy atom. The molecule has 5 heteroatoms. The molecule has 3 aromatic rings. The van der Waals surface area contributed by atoms with Crippen molar-refractivity contribution in [2.75, 3.05) is 31.2 Å². The van der Waals surface area contributed by atoms with Crippen LogP contribution in [0, 0.1) is 0 Å². The molecule has 0 amide bonds. The Labute approximate surface area is 160 Å². The lowest BCUT2D eigenvalue weighted by atomic mass is 10.0. The lowest BCUT2D eigenvalue weighted by molar-refractivity contribution is 0.211. The number of aromatic nitrogens is 1. The zero-order chi connectivity index (χ0) is 18.6. The molecule has 0 spiro atoms. The van der Waals surface area contributed by atoms with E-state index in [1.807, 2.05) is 24.4 Å². The fraction of sp³-hybridized carbons (Fsp3) is 0.318. The summed E-state index contributed by atoms with van der Waals surface area (Å²) in [6, 6.07) is 16.8. The highest BCUT2D eigenvalue weighted by Crippen LogP contribution is 2.34. The van der Waals surface area contributed by atoms with Gasteiger partial charge in [0.1, 0.15) is 11.6 Å². The molecule has 1 fully saturated rings. The average Bonchev–Trinajstić information content (AvgIpc) is 2.71. The molecule has 1 aromatic heterocycles. The zero-order valence-electron chi connectivity index (χ0n) is 15.7. The molecule has 4 rings (SSSR count). The van der Waals surface area contributed by atoms with E-state index >= 15 is 0 Å². The van der Waals surface area contributed by atoms with Gasteiger partial charge in [-0.15, -0.1) is 0 Å². The number of rotatable bonds is 5. The van der Waals surface area contributed by atoms with E-state index in [0.29, 0.717) is 6.04 Å². The Morgan fingerprint density at radius 2 is 1.89 bits per heavy atom. The molecule has 27 heavy (non-hydrogen) atoms. The van der Waals surface area contributed by atoms with Crippen molar-refractivity contribution in [1.29, 1.82) is 0 Å². The van der Waals surface area contributed by atoms with Crippen LogP contribution in [-0.4, -0.2) is 36.1 Å². The SMILES string of the molecule is COc1ccc(N)c2c(NC3CCN(Cc4ccccc4)CC3)nccc12. The number of anilines is 2. The van der Waals surface area contributed by atoms with Crippen LogP contribution in [0.2, 0.25) is 0 Å². The van der Waals surface area contributed by atoms with Gasteiger partial charge in [0.25, 0.3) is 0 Å². The maximum absolute atomic E-state index is 6.25. The largest absolute Gasteiger partial charge is 0.496 e.